The molecule has 0 fully saturated rings. The summed E-state index contributed by atoms with van der Waals surface area (Å²) in [5.74, 6) is 0. The Morgan fingerprint density at radius 2 is 1.32 bits per heavy atom. The van der Waals surface area contributed by atoms with Crippen molar-refractivity contribution >= 4 is 45.6 Å². The second-order valence-electron chi connectivity index (χ2n) is 13.2. The molecule has 9 rings (SSSR count). The Kier molecular flexibility index (Phi) is 9.23. The van der Waals surface area contributed by atoms with Gasteiger partial charge in [-0.15, -0.1) is 54.1 Å². The van der Waals surface area contributed by atoms with Crippen molar-refractivity contribution in [3.05, 3.63) is 199 Å². The van der Waals surface area contributed by atoms with Crippen LogP contribution in [0.3, 0.4) is 0 Å². The maximum absolute atomic E-state index is 10.5. The predicted molar refractivity (Wildman–Crippen MR) is 227 cm³/mol. The molecule has 0 aliphatic heterocycles. The van der Waals surface area contributed by atoms with Crippen LogP contribution in [0.25, 0.3) is 55.6 Å². The third kappa shape index (κ3) is 7.29. The van der Waals surface area contributed by atoms with Crippen molar-refractivity contribution in [3.8, 4) is 39.7 Å². The minimum absolute atomic E-state index is 0. The molecule has 0 N–H and O–H groups in total. The van der Waals surface area contributed by atoms with Crippen LogP contribution in [0.5, 0.6) is 0 Å². The number of furan rings is 1. The Bertz CT molecular complexity index is 2930. The van der Waals surface area contributed by atoms with Crippen molar-refractivity contribution < 1.29 is 32.7 Å². The van der Waals surface area contributed by atoms with E-state index < -0.39 is 21.8 Å². The molecule has 0 bridgehead atoms. The second-order valence-corrected chi connectivity index (χ2v) is 17.2. The predicted octanol–water partition coefficient (Wildman–Crippen LogP) is 10.2. The molecule has 3 aromatic heterocycles. The van der Waals surface area contributed by atoms with Crippen LogP contribution >= 0.6 is 0 Å². The van der Waals surface area contributed by atoms with Crippen LogP contribution in [0, 0.1) is 37.2 Å². The number of pyridine rings is 2. The van der Waals surface area contributed by atoms with Gasteiger partial charge >= 0.3 is 0 Å². The summed E-state index contributed by atoms with van der Waals surface area (Å²) in [7, 11) is -2.32. The van der Waals surface area contributed by atoms with Crippen LogP contribution in [0.15, 0.2) is 175 Å². The molecule has 0 unspecified atom stereocenters. The molecular weight excluding hydrogens is 879 g/mol. The van der Waals surface area contributed by atoms with Gasteiger partial charge in [0.1, 0.15) is 25.3 Å². The van der Waals surface area contributed by atoms with Gasteiger partial charge in [-0.05, 0) is 57.8 Å². The molecule has 9 aromatic rings. The summed E-state index contributed by atoms with van der Waals surface area (Å²) in [5, 5.41) is 15.7. The summed E-state index contributed by atoms with van der Waals surface area (Å²) in [5.41, 5.74) is 4.69. The number of benzene rings is 6. The Morgan fingerprint density at radius 3 is 1.96 bits per heavy atom. The normalized spacial score (nSPS) is 13.0. The molecule has 0 atom stereocenters. The minimum atomic E-state index is -2.68. The van der Waals surface area contributed by atoms with Gasteiger partial charge in [-0.2, -0.15) is 5.26 Å². The molecule has 4 nitrogen and oxygen atoms in total. The van der Waals surface area contributed by atoms with E-state index in [1.54, 1.807) is 12.3 Å². The fourth-order valence-electron chi connectivity index (χ4n) is 7.04. The fraction of sp³-hybridized carbons (Fsp3) is 0.0600. The van der Waals surface area contributed by atoms with Gasteiger partial charge in [0.25, 0.3) is 0 Å². The molecule has 1 radical (unpaired) electrons. The quantitative estimate of drug-likeness (QED) is 0.0947. The molecule has 0 amide bonds. The smallest absolute Gasteiger partial charge is 0.145 e. The van der Waals surface area contributed by atoms with Crippen molar-refractivity contribution in [1.82, 2.24) is 9.97 Å². The molecule has 0 saturated carbocycles. The molecule has 0 aliphatic carbocycles. The number of fused-ring (bicyclic) bond motifs is 3. The van der Waals surface area contributed by atoms with E-state index in [1.807, 2.05) is 72.8 Å². The zero-order chi connectivity index (χ0) is 42.8. The van der Waals surface area contributed by atoms with Gasteiger partial charge in [-0.25, -0.2) is 0 Å². The van der Waals surface area contributed by atoms with Crippen molar-refractivity contribution in [2.45, 2.75) is 20.3 Å². The second kappa shape index (κ2) is 16.6. The fourth-order valence-corrected chi connectivity index (χ4v) is 10.6. The summed E-state index contributed by atoms with van der Waals surface area (Å²) in [6, 6.07) is 60.5. The van der Waals surface area contributed by atoms with Crippen LogP contribution in [0.1, 0.15) is 24.9 Å². The number of hydrogen-bond acceptors (Lipinski definition) is 4. The first kappa shape index (κ1) is 31.0. The van der Waals surface area contributed by atoms with Gasteiger partial charge in [-0.1, -0.05) is 138 Å². The summed E-state index contributed by atoms with van der Waals surface area (Å²) >= 11 is 0. The van der Waals surface area contributed by atoms with E-state index in [2.05, 4.69) is 108 Å². The van der Waals surface area contributed by atoms with Gasteiger partial charge < -0.3 is 14.4 Å². The van der Waals surface area contributed by atoms with Crippen molar-refractivity contribution in [1.29, 1.82) is 5.26 Å². The molecule has 273 valence electrons. The number of nitrogens with zero attached hydrogens (tertiary/aromatic N) is 3. The molecule has 56 heavy (non-hydrogen) atoms. The third-order valence-electron chi connectivity index (χ3n) is 10.00. The number of nitriles is 1. The maximum Gasteiger partial charge on any atom is 0.145 e. The van der Waals surface area contributed by atoms with Gasteiger partial charge in [0.2, 0.25) is 0 Å². The Balaban J connectivity index is 0.000000382. The van der Waals surface area contributed by atoms with E-state index in [0.29, 0.717) is 33.1 Å². The van der Waals surface area contributed by atoms with E-state index in [0.717, 1.165) is 28.6 Å². The third-order valence-corrected chi connectivity index (χ3v) is 14.5. The molecule has 3 heterocycles. The molecule has 0 spiro atoms. The zero-order valence-corrected chi connectivity index (χ0v) is 33.6. The average Bonchev–Trinajstić information content (AvgIpc) is 3.68. The van der Waals surface area contributed by atoms with E-state index in [9.17, 15) is 5.26 Å². The van der Waals surface area contributed by atoms with Gasteiger partial charge in [0, 0.05) is 51.7 Å². The van der Waals surface area contributed by atoms with Gasteiger partial charge in [0.15, 0.2) is 0 Å². The molecule has 6 aromatic carbocycles. The van der Waals surface area contributed by atoms with Crippen LogP contribution in [0.2, 0.25) is 6.55 Å². The minimum Gasteiger partial charge on any atom is -0.499 e. The Morgan fingerprint density at radius 1 is 0.643 bits per heavy atom. The molecule has 6 heteroatoms. The number of aryl methyl sites for hydroxylation is 2. The van der Waals surface area contributed by atoms with Gasteiger partial charge in [0.05, 0.1) is 5.58 Å². The average molecular weight is 922 g/mol. The number of rotatable bonds is 6. The number of hydrogen-bond donors (Lipinski definition) is 0. The summed E-state index contributed by atoms with van der Waals surface area (Å²) in [4.78, 5) is 8.54. The van der Waals surface area contributed by atoms with Crippen molar-refractivity contribution in [2.24, 2.45) is 0 Å². The number of aromatic nitrogens is 2. The maximum atomic E-state index is 10.5. The van der Waals surface area contributed by atoms with Crippen LogP contribution in [0.4, 0.5) is 0 Å². The van der Waals surface area contributed by atoms with Crippen LogP contribution < -0.4 is 15.6 Å². The first-order valence-corrected chi connectivity index (χ1v) is 20.3. The Labute approximate surface area is 351 Å². The van der Waals surface area contributed by atoms with Gasteiger partial charge in [-0.3, -0.25) is 0 Å². The molecule has 0 aliphatic rings. The van der Waals surface area contributed by atoms with E-state index in [1.165, 1.54) is 21.6 Å². The van der Waals surface area contributed by atoms with Crippen LogP contribution in [-0.2, 0) is 20.1 Å². The first-order chi connectivity index (χ1) is 29.4. The van der Waals surface area contributed by atoms with E-state index in [4.69, 9.17) is 12.6 Å². The first-order valence-electron chi connectivity index (χ1n) is 20.8. The monoisotopic (exact) mass is 922 g/mol. The summed E-state index contributed by atoms with van der Waals surface area (Å²) in [6.45, 7) is -2.97. The SMILES string of the molecule is [2H]C([2H])([2H])c1cnc(-c2[c-]ccc3c2oc2c(C#N)c(-c4ccc([Si](C)(c5ccccc5)c5ccccc5)cc4)ccc23)cc1C([2H])([2H])[2H].[Ir].[c-]1ccccc1-c1ccccn1. The van der Waals surface area contributed by atoms with E-state index >= 15 is 0 Å². The standard InChI is InChI=1S/C39H29N2OSi.C11H8N.Ir/c1-26-23-37(41-25-27(26)2)35-16-10-15-33-34-22-21-32(36(24-40)39(34)42-38(33)35)28-17-19-31(20-18-28)43(3,29-11-6-4-7-12-29)30-13-8-5-9-14-30;1-2-6-10(7-3-1)11-8-4-5-9-12-11;/h4-15,17-23,25H,1-3H3;1-6,8-9H;/q2*-1;/i1D3,2D3;;. The zero-order valence-electron chi connectivity index (χ0n) is 36.2. The van der Waals surface area contributed by atoms with Crippen LogP contribution in [-0.4, -0.2) is 18.0 Å². The molecule has 0 saturated heterocycles. The van der Waals surface area contributed by atoms with Crippen molar-refractivity contribution in [3.63, 3.8) is 0 Å². The van der Waals surface area contributed by atoms with Crippen molar-refractivity contribution in [2.75, 3.05) is 0 Å². The topological polar surface area (TPSA) is 62.7 Å². The summed E-state index contributed by atoms with van der Waals surface area (Å²) < 4.78 is 53.8. The largest absolute Gasteiger partial charge is 0.499 e. The Hall–Kier alpha value is -6.22. The van der Waals surface area contributed by atoms with E-state index in [-0.39, 0.29) is 36.9 Å². The summed E-state index contributed by atoms with van der Waals surface area (Å²) in [6.07, 6.45) is 2.88. The molecular formula is C50H37IrN3OSi-2.